The molecule has 7 nitrogen and oxygen atoms in total. The number of alkyl halides is 3. The zero-order valence-electron chi connectivity index (χ0n) is 20.4. The van der Waals surface area contributed by atoms with E-state index in [4.69, 9.17) is 10.00 Å². The molecule has 4 rings (SSSR count). The molecule has 2 heterocycles. The molecule has 0 N–H and O–H groups in total. The first-order chi connectivity index (χ1) is 17.9. The number of carbonyl (C=O) groups excluding carboxylic acids is 2. The third-order valence-electron chi connectivity index (χ3n) is 6.24. The predicted octanol–water partition coefficient (Wildman–Crippen LogP) is 5.79. The van der Waals surface area contributed by atoms with Gasteiger partial charge in [-0.2, -0.15) is 18.4 Å². The van der Waals surface area contributed by atoms with Crippen molar-refractivity contribution in [2.75, 3.05) is 18.1 Å². The van der Waals surface area contributed by atoms with Crippen molar-refractivity contribution in [2.45, 2.75) is 32.0 Å². The van der Waals surface area contributed by atoms with Crippen LogP contribution in [0, 0.1) is 17.1 Å². The number of anilines is 1. The van der Waals surface area contributed by atoms with Crippen molar-refractivity contribution in [1.82, 2.24) is 9.88 Å². The van der Waals surface area contributed by atoms with Gasteiger partial charge in [-0.3, -0.25) is 9.78 Å². The normalized spacial score (nSPS) is 15.1. The SMILES string of the molecule is CC1(C)C(=O)N(c2ccc(C#N)c(C(F)(F)F)c2)C(=O)N1CCCOc1ccc(-c2ccncc2)cc1F. The van der Waals surface area contributed by atoms with E-state index in [1.807, 2.05) is 0 Å². The van der Waals surface area contributed by atoms with Crippen molar-refractivity contribution in [2.24, 2.45) is 0 Å². The quantitative estimate of drug-likeness (QED) is 0.221. The molecular formula is C27H22F4N4O3. The summed E-state index contributed by atoms with van der Waals surface area (Å²) >= 11 is 0. The summed E-state index contributed by atoms with van der Waals surface area (Å²) in [7, 11) is 0. The lowest BCUT2D eigenvalue weighted by Crippen LogP contribution is -2.44. The summed E-state index contributed by atoms with van der Waals surface area (Å²) < 4.78 is 60.3. The van der Waals surface area contributed by atoms with Crippen LogP contribution in [0.1, 0.15) is 31.4 Å². The number of amides is 3. The third-order valence-corrected chi connectivity index (χ3v) is 6.24. The van der Waals surface area contributed by atoms with Gasteiger partial charge in [0.25, 0.3) is 5.91 Å². The number of hydrogen-bond donors (Lipinski definition) is 0. The number of rotatable bonds is 7. The highest BCUT2D eigenvalue weighted by molar-refractivity contribution is 6.23. The van der Waals surface area contributed by atoms with E-state index >= 15 is 0 Å². The van der Waals surface area contributed by atoms with Crippen molar-refractivity contribution >= 4 is 17.6 Å². The fraction of sp³-hybridized carbons (Fsp3) is 0.259. The Bertz CT molecular complexity index is 1420. The first kappa shape index (κ1) is 26.6. The first-order valence-corrected chi connectivity index (χ1v) is 11.6. The van der Waals surface area contributed by atoms with Crippen molar-refractivity contribution < 1.29 is 31.9 Å². The highest BCUT2D eigenvalue weighted by Gasteiger charge is 2.52. The monoisotopic (exact) mass is 526 g/mol. The molecular weight excluding hydrogens is 504 g/mol. The summed E-state index contributed by atoms with van der Waals surface area (Å²) in [6, 6.07) is 11.4. The minimum absolute atomic E-state index is 0.0183. The molecule has 1 aliphatic rings. The van der Waals surface area contributed by atoms with Crippen LogP contribution in [-0.2, 0) is 11.0 Å². The molecule has 11 heteroatoms. The van der Waals surface area contributed by atoms with Crippen LogP contribution in [0.3, 0.4) is 0 Å². The number of aromatic nitrogens is 1. The van der Waals surface area contributed by atoms with Crippen LogP contribution in [0.25, 0.3) is 11.1 Å². The summed E-state index contributed by atoms with van der Waals surface area (Å²) in [5.74, 6) is -1.26. The largest absolute Gasteiger partial charge is 0.490 e. The maximum Gasteiger partial charge on any atom is 0.417 e. The first-order valence-electron chi connectivity index (χ1n) is 11.6. The minimum Gasteiger partial charge on any atom is -0.490 e. The molecule has 0 radical (unpaired) electrons. The number of imide groups is 1. The topological polar surface area (TPSA) is 86.5 Å². The number of carbonyl (C=O) groups is 2. The highest BCUT2D eigenvalue weighted by Crippen LogP contribution is 2.37. The number of nitriles is 1. The van der Waals surface area contributed by atoms with Gasteiger partial charge in [0, 0.05) is 18.9 Å². The zero-order valence-corrected chi connectivity index (χ0v) is 20.4. The van der Waals surface area contributed by atoms with E-state index in [0.717, 1.165) is 17.7 Å². The van der Waals surface area contributed by atoms with Crippen LogP contribution in [0.15, 0.2) is 60.9 Å². The van der Waals surface area contributed by atoms with Gasteiger partial charge in [0.1, 0.15) is 5.54 Å². The molecule has 0 spiro atoms. The van der Waals surface area contributed by atoms with Gasteiger partial charge in [0.05, 0.1) is 29.5 Å². The molecule has 196 valence electrons. The van der Waals surface area contributed by atoms with Crippen LogP contribution in [0.2, 0.25) is 0 Å². The molecule has 1 saturated heterocycles. The Hall–Kier alpha value is -4.46. The minimum atomic E-state index is -4.84. The predicted molar refractivity (Wildman–Crippen MR) is 130 cm³/mol. The number of urea groups is 1. The van der Waals surface area contributed by atoms with Gasteiger partial charge >= 0.3 is 12.2 Å². The molecule has 0 atom stereocenters. The number of ether oxygens (including phenoxy) is 1. The summed E-state index contributed by atoms with van der Waals surface area (Å²) in [6.07, 6.45) is -1.42. The molecule has 0 aliphatic carbocycles. The molecule has 1 fully saturated rings. The van der Waals surface area contributed by atoms with Crippen LogP contribution in [0.5, 0.6) is 5.75 Å². The Morgan fingerprint density at radius 2 is 1.74 bits per heavy atom. The molecule has 0 bridgehead atoms. The lowest BCUT2D eigenvalue weighted by molar-refractivity contribution is -0.137. The molecule has 3 amide bonds. The van der Waals surface area contributed by atoms with E-state index in [-0.39, 0.29) is 31.0 Å². The Labute approximate surface area is 215 Å². The molecule has 1 aliphatic heterocycles. The van der Waals surface area contributed by atoms with Gasteiger partial charge in [-0.05, 0) is 73.9 Å². The van der Waals surface area contributed by atoms with E-state index < -0.39 is 40.6 Å². The fourth-order valence-corrected chi connectivity index (χ4v) is 4.19. The van der Waals surface area contributed by atoms with Gasteiger partial charge in [-0.1, -0.05) is 6.07 Å². The average molecular weight is 526 g/mol. The van der Waals surface area contributed by atoms with Crippen molar-refractivity contribution in [1.29, 1.82) is 5.26 Å². The number of nitrogens with zero attached hydrogens (tertiary/aromatic N) is 4. The summed E-state index contributed by atoms with van der Waals surface area (Å²) in [5, 5.41) is 9.01. The van der Waals surface area contributed by atoms with E-state index in [1.54, 1.807) is 30.6 Å². The van der Waals surface area contributed by atoms with Crippen molar-refractivity contribution in [3.63, 3.8) is 0 Å². The molecule has 0 unspecified atom stereocenters. The Morgan fingerprint density at radius 1 is 1.03 bits per heavy atom. The van der Waals surface area contributed by atoms with Gasteiger partial charge in [0.2, 0.25) is 0 Å². The lowest BCUT2D eigenvalue weighted by atomic mass is 10.0. The zero-order chi connectivity index (χ0) is 27.7. The van der Waals surface area contributed by atoms with Crippen LogP contribution < -0.4 is 9.64 Å². The molecule has 1 aromatic heterocycles. The smallest absolute Gasteiger partial charge is 0.417 e. The number of halogens is 4. The van der Waals surface area contributed by atoms with E-state index in [1.165, 1.54) is 36.9 Å². The average Bonchev–Trinajstić information content (AvgIpc) is 3.05. The van der Waals surface area contributed by atoms with Crippen LogP contribution in [-0.4, -0.2) is 40.5 Å². The lowest BCUT2D eigenvalue weighted by Gasteiger charge is -2.27. The second-order valence-corrected chi connectivity index (χ2v) is 9.06. The maximum absolute atomic E-state index is 14.6. The standard InChI is InChI=1S/C27H22F4N4O3/c1-26(2)24(36)35(20-6-4-19(16-32)21(15-20)27(29,30)31)25(37)34(26)12-3-13-38-23-7-5-18(14-22(23)28)17-8-10-33-11-9-17/h4-11,14-15H,3,12-13H2,1-2H3. The summed E-state index contributed by atoms with van der Waals surface area (Å²) in [6.45, 7) is 3.03. The van der Waals surface area contributed by atoms with Gasteiger partial charge in [-0.15, -0.1) is 0 Å². The molecule has 38 heavy (non-hydrogen) atoms. The molecule has 2 aromatic carbocycles. The fourth-order valence-electron chi connectivity index (χ4n) is 4.19. The van der Waals surface area contributed by atoms with Crippen molar-refractivity contribution in [3.8, 4) is 22.9 Å². The Balaban J connectivity index is 1.44. The van der Waals surface area contributed by atoms with Crippen LogP contribution in [0.4, 0.5) is 28.0 Å². The summed E-state index contributed by atoms with van der Waals surface area (Å²) in [5.41, 5.74) is -2.04. The second-order valence-electron chi connectivity index (χ2n) is 9.06. The second kappa shape index (κ2) is 10.1. The molecule has 3 aromatic rings. The van der Waals surface area contributed by atoms with Crippen molar-refractivity contribution in [3.05, 3.63) is 77.9 Å². The molecule has 0 saturated carbocycles. The van der Waals surface area contributed by atoms with Gasteiger partial charge in [-0.25, -0.2) is 14.1 Å². The van der Waals surface area contributed by atoms with E-state index in [0.29, 0.717) is 16.5 Å². The highest BCUT2D eigenvalue weighted by atomic mass is 19.4. The van der Waals surface area contributed by atoms with Crippen LogP contribution >= 0.6 is 0 Å². The van der Waals surface area contributed by atoms with E-state index in [2.05, 4.69) is 4.98 Å². The third kappa shape index (κ3) is 5.02. The van der Waals surface area contributed by atoms with Gasteiger partial charge < -0.3 is 9.64 Å². The number of hydrogen-bond acceptors (Lipinski definition) is 5. The van der Waals surface area contributed by atoms with E-state index in [9.17, 15) is 27.2 Å². The maximum atomic E-state index is 14.6. The number of pyridine rings is 1. The number of benzene rings is 2. The van der Waals surface area contributed by atoms with Gasteiger partial charge in [0.15, 0.2) is 11.6 Å². The Morgan fingerprint density at radius 3 is 2.37 bits per heavy atom. The Kier molecular flexibility index (Phi) is 7.09. The summed E-state index contributed by atoms with van der Waals surface area (Å²) in [4.78, 5) is 32.0.